The van der Waals surface area contributed by atoms with Crippen LogP contribution in [0.3, 0.4) is 0 Å². The van der Waals surface area contributed by atoms with Gasteiger partial charge in [-0.2, -0.15) is 0 Å². The summed E-state index contributed by atoms with van der Waals surface area (Å²) < 4.78 is 4.63. The Hall–Kier alpha value is -7.04. The second-order valence-electron chi connectivity index (χ2n) is 13.4. The molecule has 11 aromatic rings. The molecule has 0 saturated carbocycles. The second-order valence-corrected chi connectivity index (χ2v) is 13.4. The number of nitrogens with zero attached hydrogens (tertiary/aromatic N) is 4. The van der Waals surface area contributed by atoms with Gasteiger partial charge < -0.3 is 4.57 Å². The van der Waals surface area contributed by atoms with Crippen LogP contribution >= 0.6 is 0 Å². The average Bonchev–Trinajstić information content (AvgIpc) is 3.73. The Kier molecular flexibility index (Phi) is 6.22. The fraction of sp³-hybridized carbons (Fsp3) is 0. The van der Waals surface area contributed by atoms with Gasteiger partial charge in [0.2, 0.25) is 5.95 Å². The standard InChI is InChI=1S/C48H30N4/c1-3-14-32(15-4-1)47-39-30-35(34-24-23-31-13-7-8-16-33(31)29-34)25-26-40(39)49-48(50-47)52-42-22-12-10-20-38(42)46-44(52)28-27-43-45(46)37-19-9-11-21-41(37)51(43)36-17-5-2-6-18-36/h1-30H. The molecule has 3 heterocycles. The molecule has 0 aliphatic carbocycles. The van der Waals surface area contributed by atoms with Crippen molar-refractivity contribution in [3.63, 3.8) is 0 Å². The van der Waals surface area contributed by atoms with Crippen molar-refractivity contribution in [3.05, 3.63) is 182 Å². The lowest BCUT2D eigenvalue weighted by Crippen LogP contribution is -2.03. The Morgan fingerprint density at radius 3 is 1.67 bits per heavy atom. The van der Waals surface area contributed by atoms with E-state index in [9.17, 15) is 0 Å². The Balaban J connectivity index is 1.20. The molecule has 8 aromatic carbocycles. The summed E-state index contributed by atoms with van der Waals surface area (Å²) in [5.41, 5.74) is 10.8. The van der Waals surface area contributed by atoms with Crippen molar-refractivity contribution in [1.29, 1.82) is 0 Å². The van der Waals surface area contributed by atoms with Crippen LogP contribution in [0.15, 0.2) is 182 Å². The van der Waals surface area contributed by atoms with Crippen LogP contribution in [-0.4, -0.2) is 19.1 Å². The predicted molar refractivity (Wildman–Crippen MR) is 217 cm³/mol. The summed E-state index contributed by atoms with van der Waals surface area (Å²) in [7, 11) is 0. The minimum atomic E-state index is 0.655. The quantitative estimate of drug-likeness (QED) is 0.188. The van der Waals surface area contributed by atoms with Gasteiger partial charge in [0.05, 0.1) is 33.3 Å². The number of hydrogen-bond acceptors (Lipinski definition) is 2. The zero-order valence-electron chi connectivity index (χ0n) is 28.1. The molecule has 0 atom stereocenters. The van der Waals surface area contributed by atoms with Crippen LogP contribution in [0.5, 0.6) is 0 Å². The van der Waals surface area contributed by atoms with Gasteiger partial charge in [-0.25, -0.2) is 9.97 Å². The molecule has 0 fully saturated rings. The van der Waals surface area contributed by atoms with E-state index in [2.05, 4.69) is 191 Å². The van der Waals surface area contributed by atoms with E-state index in [1.54, 1.807) is 0 Å². The maximum Gasteiger partial charge on any atom is 0.235 e. The summed E-state index contributed by atoms with van der Waals surface area (Å²) in [6, 6.07) is 64.8. The lowest BCUT2D eigenvalue weighted by atomic mass is 9.98. The molecule has 52 heavy (non-hydrogen) atoms. The van der Waals surface area contributed by atoms with E-state index in [-0.39, 0.29) is 0 Å². The van der Waals surface area contributed by atoms with Crippen LogP contribution in [-0.2, 0) is 0 Å². The van der Waals surface area contributed by atoms with Gasteiger partial charge in [0, 0.05) is 38.2 Å². The molecule has 11 rings (SSSR count). The van der Waals surface area contributed by atoms with Crippen LogP contribution in [0.25, 0.3) is 99.3 Å². The van der Waals surface area contributed by atoms with E-state index >= 15 is 0 Å². The Labute approximate surface area is 299 Å². The Morgan fingerprint density at radius 1 is 0.346 bits per heavy atom. The van der Waals surface area contributed by atoms with Crippen LogP contribution < -0.4 is 0 Å². The Bertz CT molecular complexity index is 3170. The van der Waals surface area contributed by atoms with Crippen molar-refractivity contribution in [2.45, 2.75) is 0 Å². The van der Waals surface area contributed by atoms with Gasteiger partial charge in [-0.15, -0.1) is 0 Å². The lowest BCUT2D eigenvalue weighted by Gasteiger charge is -2.13. The van der Waals surface area contributed by atoms with E-state index in [1.165, 1.54) is 48.9 Å². The summed E-state index contributed by atoms with van der Waals surface area (Å²) in [5, 5.41) is 8.32. The molecule has 0 aliphatic heterocycles. The van der Waals surface area contributed by atoms with Crippen molar-refractivity contribution in [1.82, 2.24) is 19.1 Å². The molecule has 3 aromatic heterocycles. The van der Waals surface area contributed by atoms with E-state index in [1.807, 2.05) is 0 Å². The smallest absolute Gasteiger partial charge is 0.235 e. The summed E-state index contributed by atoms with van der Waals surface area (Å²) in [4.78, 5) is 10.8. The van der Waals surface area contributed by atoms with E-state index < -0.39 is 0 Å². The molecule has 0 amide bonds. The third-order valence-electron chi connectivity index (χ3n) is 10.5. The third kappa shape index (κ3) is 4.28. The molecule has 0 saturated heterocycles. The fourth-order valence-corrected chi connectivity index (χ4v) is 8.17. The first-order chi connectivity index (χ1) is 25.8. The van der Waals surface area contributed by atoms with Crippen LogP contribution in [0.1, 0.15) is 0 Å². The molecule has 0 aliphatic rings. The minimum absolute atomic E-state index is 0.655. The molecule has 242 valence electrons. The zero-order chi connectivity index (χ0) is 34.2. The molecule has 4 heteroatoms. The van der Waals surface area contributed by atoms with Gasteiger partial charge in [0.1, 0.15) is 0 Å². The molecule has 4 nitrogen and oxygen atoms in total. The summed E-state index contributed by atoms with van der Waals surface area (Å²) in [6.45, 7) is 0. The van der Waals surface area contributed by atoms with Crippen molar-refractivity contribution >= 4 is 65.3 Å². The highest BCUT2D eigenvalue weighted by Crippen LogP contribution is 2.42. The molecular weight excluding hydrogens is 633 g/mol. The minimum Gasteiger partial charge on any atom is -0.309 e. The summed E-state index contributed by atoms with van der Waals surface area (Å²) in [5.74, 6) is 0.655. The second kappa shape index (κ2) is 11.2. The first-order valence-electron chi connectivity index (χ1n) is 17.7. The van der Waals surface area contributed by atoms with Gasteiger partial charge in [-0.05, 0) is 76.5 Å². The number of aromatic nitrogens is 4. The van der Waals surface area contributed by atoms with Crippen LogP contribution in [0.2, 0.25) is 0 Å². The number of fused-ring (bicyclic) bond motifs is 9. The van der Waals surface area contributed by atoms with Gasteiger partial charge in [-0.3, -0.25) is 4.57 Å². The largest absolute Gasteiger partial charge is 0.309 e. The Morgan fingerprint density at radius 2 is 0.923 bits per heavy atom. The maximum absolute atomic E-state index is 5.44. The number of benzene rings is 8. The highest BCUT2D eigenvalue weighted by atomic mass is 15.2. The van der Waals surface area contributed by atoms with Gasteiger partial charge in [0.15, 0.2) is 0 Å². The molecular formula is C48H30N4. The van der Waals surface area contributed by atoms with Crippen LogP contribution in [0, 0.1) is 0 Å². The van der Waals surface area contributed by atoms with Crippen molar-refractivity contribution < 1.29 is 0 Å². The third-order valence-corrected chi connectivity index (χ3v) is 10.5. The summed E-state index contributed by atoms with van der Waals surface area (Å²) >= 11 is 0. The first-order valence-corrected chi connectivity index (χ1v) is 17.7. The monoisotopic (exact) mass is 662 g/mol. The molecule has 0 spiro atoms. The molecule has 0 N–H and O–H groups in total. The van der Waals surface area contributed by atoms with E-state index in [0.29, 0.717) is 5.95 Å². The van der Waals surface area contributed by atoms with E-state index in [4.69, 9.17) is 9.97 Å². The highest BCUT2D eigenvalue weighted by Gasteiger charge is 2.22. The summed E-state index contributed by atoms with van der Waals surface area (Å²) in [6.07, 6.45) is 0. The number of hydrogen-bond donors (Lipinski definition) is 0. The molecule has 0 bridgehead atoms. The molecule has 0 unspecified atom stereocenters. The highest BCUT2D eigenvalue weighted by molar-refractivity contribution is 6.28. The van der Waals surface area contributed by atoms with Crippen molar-refractivity contribution in [2.75, 3.05) is 0 Å². The van der Waals surface area contributed by atoms with Crippen molar-refractivity contribution in [3.8, 4) is 34.0 Å². The lowest BCUT2D eigenvalue weighted by molar-refractivity contribution is 1.01. The van der Waals surface area contributed by atoms with Gasteiger partial charge in [-0.1, -0.05) is 127 Å². The zero-order valence-corrected chi connectivity index (χ0v) is 28.1. The van der Waals surface area contributed by atoms with E-state index in [0.717, 1.165) is 44.4 Å². The first kappa shape index (κ1) is 28.8. The topological polar surface area (TPSA) is 35.6 Å². The predicted octanol–water partition coefficient (Wildman–Crippen LogP) is 12.3. The normalized spacial score (nSPS) is 11.8. The fourth-order valence-electron chi connectivity index (χ4n) is 8.17. The number of para-hydroxylation sites is 3. The maximum atomic E-state index is 5.44. The van der Waals surface area contributed by atoms with Gasteiger partial charge >= 0.3 is 0 Å². The molecule has 0 radical (unpaired) electrons. The van der Waals surface area contributed by atoms with Crippen molar-refractivity contribution in [2.24, 2.45) is 0 Å². The SMILES string of the molecule is c1ccc(-c2nc(-n3c4ccccc4c4c5c6ccccc6n(-c6ccccc6)c5ccc43)nc3ccc(-c4ccc5ccccc5c4)cc23)cc1. The van der Waals surface area contributed by atoms with Gasteiger partial charge in [0.25, 0.3) is 0 Å². The number of rotatable bonds is 4. The van der Waals surface area contributed by atoms with Crippen LogP contribution in [0.4, 0.5) is 0 Å². The average molecular weight is 663 g/mol.